The molecule has 2 unspecified atom stereocenters. The lowest BCUT2D eigenvalue weighted by molar-refractivity contribution is 0.154. The van der Waals surface area contributed by atoms with E-state index in [4.69, 9.17) is 0 Å². The van der Waals surface area contributed by atoms with Crippen molar-refractivity contribution in [2.75, 3.05) is 20.6 Å². The van der Waals surface area contributed by atoms with Crippen molar-refractivity contribution >= 4 is 0 Å². The smallest absolute Gasteiger partial charge is 0.0807 e. The molecule has 2 rings (SSSR count). The van der Waals surface area contributed by atoms with Crippen LogP contribution in [0, 0.1) is 12.8 Å². The fourth-order valence-electron chi connectivity index (χ4n) is 3.64. The molecule has 0 radical (unpaired) electrons. The third kappa shape index (κ3) is 3.26. The molecule has 1 heterocycles. The van der Waals surface area contributed by atoms with Crippen LogP contribution in [0.5, 0.6) is 0 Å². The predicted molar refractivity (Wildman–Crippen MR) is 84.1 cm³/mol. The average molecular weight is 278 g/mol. The molecule has 2 atom stereocenters. The highest BCUT2D eigenvalue weighted by Crippen LogP contribution is 2.35. The van der Waals surface area contributed by atoms with Gasteiger partial charge in [0.05, 0.1) is 6.10 Å². The summed E-state index contributed by atoms with van der Waals surface area (Å²) in [7, 11) is 4.29. The Morgan fingerprint density at radius 2 is 2.10 bits per heavy atom. The lowest BCUT2D eigenvalue weighted by Gasteiger charge is -2.29. The Morgan fingerprint density at radius 3 is 2.70 bits per heavy atom. The van der Waals surface area contributed by atoms with Crippen molar-refractivity contribution in [3.05, 3.63) is 23.0 Å². The predicted octanol–water partition coefficient (Wildman–Crippen LogP) is 3.32. The van der Waals surface area contributed by atoms with Crippen molar-refractivity contribution in [2.45, 2.75) is 58.6 Å². The molecule has 0 aliphatic heterocycles. The molecule has 3 nitrogen and oxygen atoms in total. The first-order valence-electron chi connectivity index (χ1n) is 7.93. The van der Waals surface area contributed by atoms with E-state index in [-0.39, 0.29) is 6.10 Å². The Labute approximate surface area is 123 Å². The highest BCUT2D eigenvalue weighted by molar-refractivity contribution is 5.32. The van der Waals surface area contributed by atoms with Crippen molar-refractivity contribution in [1.29, 1.82) is 0 Å². The Bertz CT molecular complexity index is 438. The van der Waals surface area contributed by atoms with E-state index in [0.29, 0.717) is 12.0 Å². The van der Waals surface area contributed by atoms with Gasteiger partial charge < -0.3 is 14.6 Å². The van der Waals surface area contributed by atoms with Crippen LogP contribution in [-0.4, -0.2) is 35.2 Å². The van der Waals surface area contributed by atoms with Crippen LogP contribution in [0.2, 0.25) is 0 Å². The Morgan fingerprint density at radius 1 is 1.40 bits per heavy atom. The minimum absolute atomic E-state index is 0.252. The first kappa shape index (κ1) is 15.6. The molecule has 1 aliphatic rings. The van der Waals surface area contributed by atoms with Gasteiger partial charge in [-0.3, -0.25) is 0 Å². The standard InChI is InChI=1S/C17H30N2O/c1-12(2)9-14(11-18(4)5)19-13(3)10-15-16(19)7-6-8-17(15)20/h10,12,14,17,20H,6-9,11H2,1-5H3. The number of rotatable bonds is 5. The van der Waals surface area contributed by atoms with Gasteiger partial charge in [0.25, 0.3) is 0 Å². The van der Waals surface area contributed by atoms with Crippen molar-refractivity contribution in [3.63, 3.8) is 0 Å². The zero-order valence-corrected chi connectivity index (χ0v) is 13.7. The summed E-state index contributed by atoms with van der Waals surface area (Å²) in [5.41, 5.74) is 3.87. The van der Waals surface area contributed by atoms with Crippen LogP contribution >= 0.6 is 0 Å². The number of likely N-dealkylation sites (N-methyl/N-ethyl adjacent to an activating group) is 1. The van der Waals surface area contributed by atoms with E-state index in [1.165, 1.54) is 23.4 Å². The van der Waals surface area contributed by atoms with Gasteiger partial charge in [-0.15, -0.1) is 0 Å². The second kappa shape index (κ2) is 6.31. The molecule has 114 valence electrons. The lowest BCUT2D eigenvalue weighted by atomic mass is 9.94. The molecule has 3 heteroatoms. The summed E-state index contributed by atoms with van der Waals surface area (Å²) < 4.78 is 2.51. The Kier molecular flexibility index (Phi) is 4.92. The molecular weight excluding hydrogens is 248 g/mol. The minimum atomic E-state index is -0.252. The zero-order chi connectivity index (χ0) is 14.9. The highest BCUT2D eigenvalue weighted by Gasteiger charge is 2.26. The number of aromatic nitrogens is 1. The quantitative estimate of drug-likeness (QED) is 0.895. The number of nitrogens with zero attached hydrogens (tertiary/aromatic N) is 2. The summed E-state index contributed by atoms with van der Waals surface area (Å²) in [5, 5.41) is 10.2. The van der Waals surface area contributed by atoms with E-state index >= 15 is 0 Å². The molecule has 0 spiro atoms. The normalized spacial score (nSPS) is 20.5. The minimum Gasteiger partial charge on any atom is -0.388 e. The summed E-state index contributed by atoms with van der Waals surface area (Å²) >= 11 is 0. The fourth-order valence-corrected chi connectivity index (χ4v) is 3.64. The van der Waals surface area contributed by atoms with Gasteiger partial charge in [-0.25, -0.2) is 0 Å². The molecule has 0 bridgehead atoms. The first-order valence-corrected chi connectivity index (χ1v) is 7.93. The monoisotopic (exact) mass is 278 g/mol. The molecule has 0 fully saturated rings. The molecule has 1 aromatic heterocycles. The van der Waals surface area contributed by atoms with Crippen LogP contribution in [-0.2, 0) is 6.42 Å². The SMILES string of the molecule is Cc1cc2c(n1C(CC(C)C)CN(C)C)CCCC2O. The van der Waals surface area contributed by atoms with E-state index in [1.54, 1.807) is 0 Å². The number of aliphatic hydroxyl groups is 1. The fraction of sp³-hybridized carbons (Fsp3) is 0.765. The van der Waals surface area contributed by atoms with Gasteiger partial charge in [0.1, 0.15) is 0 Å². The van der Waals surface area contributed by atoms with Crippen molar-refractivity contribution < 1.29 is 5.11 Å². The Balaban J connectivity index is 2.37. The topological polar surface area (TPSA) is 28.4 Å². The van der Waals surface area contributed by atoms with E-state index in [0.717, 1.165) is 25.8 Å². The molecule has 1 aliphatic carbocycles. The van der Waals surface area contributed by atoms with Gasteiger partial charge in [-0.05, 0) is 58.7 Å². The van der Waals surface area contributed by atoms with E-state index in [2.05, 4.69) is 50.4 Å². The largest absolute Gasteiger partial charge is 0.388 e. The maximum absolute atomic E-state index is 10.2. The highest BCUT2D eigenvalue weighted by atomic mass is 16.3. The molecule has 0 aromatic carbocycles. The van der Waals surface area contributed by atoms with Crippen molar-refractivity contribution in [3.8, 4) is 0 Å². The van der Waals surface area contributed by atoms with Gasteiger partial charge in [-0.2, -0.15) is 0 Å². The zero-order valence-electron chi connectivity index (χ0n) is 13.7. The average Bonchev–Trinajstić information content (AvgIpc) is 2.65. The molecule has 0 amide bonds. The van der Waals surface area contributed by atoms with Crippen LogP contribution < -0.4 is 0 Å². The van der Waals surface area contributed by atoms with E-state index < -0.39 is 0 Å². The number of hydrogen-bond donors (Lipinski definition) is 1. The second-order valence-corrected chi connectivity index (χ2v) is 7.01. The Hall–Kier alpha value is -0.800. The van der Waals surface area contributed by atoms with Gasteiger partial charge in [-0.1, -0.05) is 13.8 Å². The van der Waals surface area contributed by atoms with Gasteiger partial charge in [0.2, 0.25) is 0 Å². The van der Waals surface area contributed by atoms with Crippen LogP contribution in [0.1, 0.15) is 62.2 Å². The molecular formula is C17H30N2O. The molecule has 0 saturated heterocycles. The van der Waals surface area contributed by atoms with Crippen LogP contribution in [0.15, 0.2) is 6.07 Å². The van der Waals surface area contributed by atoms with Crippen LogP contribution in [0.4, 0.5) is 0 Å². The third-order valence-electron chi connectivity index (χ3n) is 4.30. The number of aliphatic hydroxyl groups excluding tert-OH is 1. The summed E-state index contributed by atoms with van der Waals surface area (Å²) in [6.45, 7) is 7.84. The van der Waals surface area contributed by atoms with Gasteiger partial charge >= 0.3 is 0 Å². The van der Waals surface area contributed by atoms with Crippen molar-refractivity contribution in [2.24, 2.45) is 5.92 Å². The second-order valence-electron chi connectivity index (χ2n) is 7.01. The van der Waals surface area contributed by atoms with Crippen LogP contribution in [0.3, 0.4) is 0 Å². The molecule has 1 aromatic rings. The number of hydrogen-bond acceptors (Lipinski definition) is 2. The lowest BCUT2D eigenvalue weighted by Crippen LogP contribution is -2.28. The number of aryl methyl sites for hydroxylation is 1. The maximum atomic E-state index is 10.2. The first-order chi connectivity index (χ1) is 9.40. The summed E-state index contributed by atoms with van der Waals surface area (Å²) in [5.74, 6) is 0.686. The number of fused-ring (bicyclic) bond motifs is 1. The summed E-state index contributed by atoms with van der Waals surface area (Å²) in [6, 6.07) is 2.72. The maximum Gasteiger partial charge on any atom is 0.0807 e. The molecule has 0 saturated carbocycles. The van der Waals surface area contributed by atoms with E-state index in [9.17, 15) is 5.11 Å². The van der Waals surface area contributed by atoms with Gasteiger partial charge in [0, 0.05) is 29.5 Å². The van der Waals surface area contributed by atoms with Crippen LogP contribution in [0.25, 0.3) is 0 Å². The summed E-state index contributed by atoms with van der Waals surface area (Å²) in [4.78, 5) is 2.28. The summed E-state index contributed by atoms with van der Waals surface area (Å²) in [6.07, 6.45) is 4.07. The van der Waals surface area contributed by atoms with Gasteiger partial charge in [0.15, 0.2) is 0 Å². The van der Waals surface area contributed by atoms with Crippen molar-refractivity contribution in [1.82, 2.24) is 9.47 Å². The molecule has 1 N–H and O–H groups in total. The third-order valence-corrected chi connectivity index (χ3v) is 4.30. The molecule has 20 heavy (non-hydrogen) atoms. The van der Waals surface area contributed by atoms with E-state index in [1.807, 2.05) is 0 Å².